The van der Waals surface area contributed by atoms with Crippen molar-refractivity contribution in [3.8, 4) is 0 Å². The summed E-state index contributed by atoms with van der Waals surface area (Å²) in [6.45, 7) is 10.9. The van der Waals surface area contributed by atoms with Crippen molar-refractivity contribution >= 4 is 35.8 Å². The highest BCUT2D eigenvalue weighted by molar-refractivity contribution is 5.96. The molecule has 12 nitrogen and oxygen atoms in total. The van der Waals surface area contributed by atoms with Gasteiger partial charge in [0.2, 0.25) is 29.5 Å². The largest absolute Gasteiger partial charge is 0.348 e. The SMILES string of the molecule is CC(C)C[C@H](NC(=O)[C@H](C)NC(=O)[C@@H]1CCCN1C(=O)[C@@H](N)CC(C)C)C(=O)N[C@@H](C)C(=O)NCC=O. The Balaban J connectivity index is 2.78. The second-order valence-corrected chi connectivity index (χ2v) is 10.5. The van der Waals surface area contributed by atoms with Crippen LogP contribution < -0.4 is 27.0 Å². The van der Waals surface area contributed by atoms with Crippen molar-refractivity contribution in [1.82, 2.24) is 26.2 Å². The lowest BCUT2D eigenvalue weighted by Gasteiger charge is -2.28. The van der Waals surface area contributed by atoms with Gasteiger partial charge in [0.15, 0.2) is 0 Å². The predicted molar refractivity (Wildman–Crippen MR) is 138 cm³/mol. The first-order chi connectivity index (χ1) is 17.3. The van der Waals surface area contributed by atoms with Crippen LogP contribution in [0.2, 0.25) is 0 Å². The molecule has 0 aromatic carbocycles. The van der Waals surface area contributed by atoms with Crippen LogP contribution in [-0.4, -0.2) is 84.0 Å². The average molecular weight is 525 g/mol. The number of hydrogen-bond acceptors (Lipinski definition) is 7. The zero-order chi connectivity index (χ0) is 28.3. The van der Waals surface area contributed by atoms with Crippen LogP contribution in [0.3, 0.4) is 0 Å². The first kappa shape index (κ1) is 32.0. The van der Waals surface area contributed by atoms with Crippen LogP contribution in [-0.2, 0) is 28.8 Å². The first-order valence-electron chi connectivity index (χ1n) is 13.0. The van der Waals surface area contributed by atoms with Gasteiger partial charge in [-0.1, -0.05) is 27.7 Å². The van der Waals surface area contributed by atoms with E-state index in [1.807, 2.05) is 27.7 Å². The van der Waals surface area contributed by atoms with Crippen molar-refractivity contribution in [2.24, 2.45) is 17.6 Å². The molecule has 37 heavy (non-hydrogen) atoms. The number of carbonyl (C=O) groups is 6. The Bertz CT molecular complexity index is 832. The van der Waals surface area contributed by atoms with Crippen molar-refractivity contribution < 1.29 is 28.8 Å². The van der Waals surface area contributed by atoms with E-state index in [1.54, 1.807) is 0 Å². The van der Waals surface area contributed by atoms with Gasteiger partial charge >= 0.3 is 0 Å². The third-order valence-corrected chi connectivity index (χ3v) is 6.08. The van der Waals surface area contributed by atoms with Gasteiger partial charge in [-0.25, -0.2) is 0 Å². The smallest absolute Gasteiger partial charge is 0.243 e. The Labute approximate surface area is 219 Å². The summed E-state index contributed by atoms with van der Waals surface area (Å²) in [4.78, 5) is 75.3. The molecule has 0 radical (unpaired) electrons. The summed E-state index contributed by atoms with van der Waals surface area (Å²) >= 11 is 0. The van der Waals surface area contributed by atoms with Crippen molar-refractivity contribution in [3.05, 3.63) is 0 Å². The van der Waals surface area contributed by atoms with E-state index in [0.29, 0.717) is 38.5 Å². The Morgan fingerprint density at radius 3 is 2.03 bits per heavy atom. The summed E-state index contributed by atoms with van der Waals surface area (Å²) < 4.78 is 0. The van der Waals surface area contributed by atoms with Crippen molar-refractivity contribution in [2.45, 2.75) is 97.4 Å². The number of likely N-dealkylation sites (tertiary alicyclic amines) is 1. The Morgan fingerprint density at radius 2 is 1.46 bits per heavy atom. The van der Waals surface area contributed by atoms with E-state index in [1.165, 1.54) is 18.7 Å². The van der Waals surface area contributed by atoms with Gasteiger partial charge in [0.05, 0.1) is 12.6 Å². The van der Waals surface area contributed by atoms with Gasteiger partial charge in [-0.2, -0.15) is 0 Å². The predicted octanol–water partition coefficient (Wildman–Crippen LogP) is -0.794. The second-order valence-electron chi connectivity index (χ2n) is 10.5. The topological polar surface area (TPSA) is 180 Å². The molecule has 5 atom stereocenters. The highest BCUT2D eigenvalue weighted by Crippen LogP contribution is 2.20. The molecule has 1 heterocycles. The Hall–Kier alpha value is -3.02. The summed E-state index contributed by atoms with van der Waals surface area (Å²) in [5, 5.41) is 10.2. The maximum absolute atomic E-state index is 12.9. The maximum atomic E-state index is 12.9. The number of carbonyl (C=O) groups excluding carboxylic acids is 6. The lowest BCUT2D eigenvalue weighted by Crippen LogP contribution is -2.57. The molecule has 5 amide bonds. The Kier molecular flexibility index (Phi) is 13.2. The maximum Gasteiger partial charge on any atom is 0.243 e. The van der Waals surface area contributed by atoms with Crippen LogP contribution >= 0.6 is 0 Å². The standard InChI is InChI=1S/C25H44N6O6/c1-14(2)12-18(26)25(37)31-10-7-8-20(31)24(36)29-17(6)22(34)30-19(13-15(3)4)23(35)28-16(5)21(33)27-9-11-32/h11,14-20H,7-10,12-13,26H2,1-6H3,(H,27,33)(H,28,35)(H,29,36)(H,30,34)/t16-,17-,18-,19-,20-/m0/s1. The summed E-state index contributed by atoms with van der Waals surface area (Å²) in [5.41, 5.74) is 6.04. The zero-order valence-corrected chi connectivity index (χ0v) is 22.8. The molecule has 1 saturated heterocycles. The summed E-state index contributed by atoms with van der Waals surface area (Å²) in [6, 6.07) is -4.21. The van der Waals surface area contributed by atoms with Crippen LogP contribution in [0.25, 0.3) is 0 Å². The molecule has 1 aliphatic rings. The molecule has 1 rings (SSSR count). The molecular weight excluding hydrogens is 480 g/mol. The van der Waals surface area contributed by atoms with Crippen LogP contribution in [0.5, 0.6) is 0 Å². The Morgan fingerprint density at radius 1 is 0.865 bits per heavy atom. The minimum atomic E-state index is -0.967. The number of nitrogens with one attached hydrogen (secondary N) is 4. The minimum absolute atomic E-state index is 0.0493. The molecule has 0 unspecified atom stereocenters. The third-order valence-electron chi connectivity index (χ3n) is 6.08. The second kappa shape index (κ2) is 15.3. The molecule has 210 valence electrons. The van der Waals surface area contributed by atoms with Crippen LogP contribution in [0.1, 0.15) is 67.2 Å². The molecular formula is C25H44N6O6. The molecule has 6 N–H and O–H groups in total. The monoisotopic (exact) mass is 524 g/mol. The lowest BCUT2D eigenvalue weighted by atomic mass is 10.0. The van der Waals surface area contributed by atoms with E-state index in [-0.39, 0.29) is 24.3 Å². The normalized spacial score (nSPS) is 18.5. The van der Waals surface area contributed by atoms with E-state index in [0.717, 1.165) is 0 Å². The summed E-state index contributed by atoms with van der Waals surface area (Å²) in [5.74, 6) is -2.09. The van der Waals surface area contributed by atoms with E-state index in [4.69, 9.17) is 5.73 Å². The van der Waals surface area contributed by atoms with Crippen molar-refractivity contribution in [2.75, 3.05) is 13.1 Å². The molecule has 1 aliphatic heterocycles. The minimum Gasteiger partial charge on any atom is -0.348 e. The fourth-order valence-electron chi connectivity index (χ4n) is 4.17. The fraction of sp³-hybridized carbons (Fsp3) is 0.760. The molecule has 12 heteroatoms. The van der Waals surface area contributed by atoms with Gasteiger partial charge in [-0.15, -0.1) is 0 Å². The molecule has 0 bridgehead atoms. The fourth-order valence-corrected chi connectivity index (χ4v) is 4.17. The highest BCUT2D eigenvalue weighted by Gasteiger charge is 2.37. The number of hydrogen-bond donors (Lipinski definition) is 5. The molecule has 0 aromatic rings. The molecule has 0 spiro atoms. The van der Waals surface area contributed by atoms with Gasteiger partial charge in [0, 0.05) is 6.54 Å². The van der Waals surface area contributed by atoms with Crippen molar-refractivity contribution in [3.63, 3.8) is 0 Å². The van der Waals surface area contributed by atoms with Gasteiger partial charge in [-0.05, 0) is 51.4 Å². The van der Waals surface area contributed by atoms with E-state index in [2.05, 4.69) is 21.3 Å². The summed E-state index contributed by atoms with van der Waals surface area (Å²) in [6.07, 6.45) is 2.49. The third kappa shape index (κ3) is 10.5. The lowest BCUT2D eigenvalue weighted by molar-refractivity contribution is -0.140. The number of rotatable bonds is 14. The van der Waals surface area contributed by atoms with Gasteiger partial charge < -0.3 is 36.7 Å². The number of amides is 5. The zero-order valence-electron chi connectivity index (χ0n) is 22.8. The van der Waals surface area contributed by atoms with Crippen LogP contribution in [0.15, 0.2) is 0 Å². The summed E-state index contributed by atoms with van der Waals surface area (Å²) in [7, 11) is 0. The quantitative estimate of drug-likeness (QED) is 0.185. The van der Waals surface area contributed by atoms with E-state index in [9.17, 15) is 28.8 Å². The van der Waals surface area contributed by atoms with Gasteiger partial charge in [-0.3, -0.25) is 24.0 Å². The van der Waals surface area contributed by atoms with E-state index < -0.39 is 53.8 Å². The first-order valence-corrected chi connectivity index (χ1v) is 13.0. The molecule has 0 aromatic heterocycles. The highest BCUT2D eigenvalue weighted by atomic mass is 16.2. The van der Waals surface area contributed by atoms with E-state index >= 15 is 0 Å². The molecule has 0 aliphatic carbocycles. The molecule has 0 saturated carbocycles. The average Bonchev–Trinajstić information content (AvgIpc) is 3.30. The number of aldehydes is 1. The number of nitrogens with zero attached hydrogens (tertiary/aromatic N) is 1. The van der Waals surface area contributed by atoms with Crippen LogP contribution in [0, 0.1) is 11.8 Å². The molecule has 1 fully saturated rings. The number of nitrogens with two attached hydrogens (primary N) is 1. The van der Waals surface area contributed by atoms with Gasteiger partial charge in [0.25, 0.3) is 0 Å². The van der Waals surface area contributed by atoms with Gasteiger partial charge in [0.1, 0.15) is 30.5 Å². The van der Waals surface area contributed by atoms with Crippen molar-refractivity contribution in [1.29, 1.82) is 0 Å². The van der Waals surface area contributed by atoms with Crippen LogP contribution in [0.4, 0.5) is 0 Å².